The van der Waals surface area contributed by atoms with E-state index in [-0.39, 0.29) is 23.6 Å². The molecule has 42 heavy (non-hydrogen) atoms. The van der Waals surface area contributed by atoms with Crippen molar-refractivity contribution in [2.45, 2.75) is 65.0 Å². The van der Waals surface area contributed by atoms with Crippen molar-refractivity contribution in [2.75, 3.05) is 11.7 Å². The molecule has 2 aliphatic rings. The van der Waals surface area contributed by atoms with Crippen LogP contribution >= 0.6 is 0 Å². The van der Waals surface area contributed by atoms with Crippen molar-refractivity contribution >= 4 is 47.2 Å². The zero-order valence-corrected chi connectivity index (χ0v) is 23.6. The zero-order chi connectivity index (χ0) is 30.0. The Morgan fingerprint density at radius 1 is 1.14 bits per heavy atom. The van der Waals surface area contributed by atoms with E-state index in [2.05, 4.69) is 20.7 Å². The molecule has 0 bridgehead atoms. The Morgan fingerprint density at radius 2 is 1.90 bits per heavy atom. The predicted octanol–water partition coefficient (Wildman–Crippen LogP) is 3.13. The fraction of sp³-hybridized carbons (Fsp3) is 0.414. The summed E-state index contributed by atoms with van der Waals surface area (Å²) in [5.41, 5.74) is 2.71. The number of nitrogens with one attached hydrogen (secondary N) is 2. The van der Waals surface area contributed by atoms with E-state index >= 15 is 0 Å². The maximum absolute atomic E-state index is 13.7. The molecule has 0 aliphatic heterocycles. The normalized spacial score (nSPS) is 15.0. The second kappa shape index (κ2) is 12.0. The van der Waals surface area contributed by atoms with Crippen LogP contribution in [0, 0.1) is 19.8 Å². The van der Waals surface area contributed by atoms with E-state index in [0.717, 1.165) is 25.7 Å². The molecule has 0 spiro atoms. The molecule has 1 atom stereocenters. The SMILES string of the molecule is Cc1ccc(C(=O)CC2CC2)cc1N(C(=O)OCOC(=O)C(C)NC=O)c1ncnn2cc(C(=O)NC3CC3)c(C)c12. The number of anilines is 2. The molecule has 2 heterocycles. The number of ether oxygens (including phenoxy) is 2. The summed E-state index contributed by atoms with van der Waals surface area (Å²) >= 11 is 0. The number of benzene rings is 1. The van der Waals surface area contributed by atoms with Crippen LogP contribution in [0.25, 0.3) is 5.52 Å². The number of carbonyl (C=O) groups excluding carboxylic acids is 5. The van der Waals surface area contributed by atoms with Gasteiger partial charge in [-0.05, 0) is 69.6 Å². The summed E-state index contributed by atoms with van der Waals surface area (Å²) in [6.07, 6.45) is 6.54. The van der Waals surface area contributed by atoms with Gasteiger partial charge in [0.1, 0.15) is 17.9 Å². The van der Waals surface area contributed by atoms with Gasteiger partial charge in [-0.3, -0.25) is 14.4 Å². The quantitative estimate of drug-likeness (QED) is 0.143. The molecule has 2 aliphatic carbocycles. The van der Waals surface area contributed by atoms with E-state index in [9.17, 15) is 24.0 Å². The summed E-state index contributed by atoms with van der Waals surface area (Å²) in [4.78, 5) is 68.0. The minimum Gasteiger partial charge on any atom is -0.426 e. The molecule has 0 radical (unpaired) electrons. The average Bonchev–Trinajstić information content (AvgIpc) is 3.90. The highest BCUT2D eigenvalue weighted by Gasteiger charge is 2.31. The first-order chi connectivity index (χ1) is 20.2. The molecule has 2 saturated carbocycles. The van der Waals surface area contributed by atoms with Gasteiger partial charge in [-0.2, -0.15) is 5.10 Å². The maximum atomic E-state index is 13.7. The van der Waals surface area contributed by atoms with E-state index < -0.39 is 24.9 Å². The highest BCUT2D eigenvalue weighted by Crippen LogP contribution is 2.36. The highest BCUT2D eigenvalue weighted by atomic mass is 16.7. The number of hydrogen-bond acceptors (Lipinski definition) is 9. The van der Waals surface area contributed by atoms with Crippen LogP contribution in [0.3, 0.4) is 0 Å². The first kappa shape index (κ1) is 28.7. The van der Waals surface area contributed by atoms with Crippen LogP contribution in [-0.4, -0.2) is 63.6 Å². The molecular formula is C29H32N6O7. The Labute approximate surface area is 241 Å². The van der Waals surface area contributed by atoms with E-state index in [4.69, 9.17) is 9.47 Å². The van der Waals surface area contributed by atoms with Crippen LogP contribution in [0.15, 0.2) is 30.7 Å². The Hall–Kier alpha value is -4.81. The van der Waals surface area contributed by atoms with Crippen LogP contribution < -0.4 is 15.5 Å². The lowest BCUT2D eigenvalue weighted by Crippen LogP contribution is -2.36. The molecule has 0 saturated heterocycles. The minimum atomic E-state index is -0.946. The van der Waals surface area contributed by atoms with Crippen LogP contribution in [0.5, 0.6) is 0 Å². The van der Waals surface area contributed by atoms with Crippen molar-refractivity contribution in [2.24, 2.45) is 5.92 Å². The second-order valence-electron chi connectivity index (χ2n) is 10.7. The van der Waals surface area contributed by atoms with Crippen LogP contribution in [0.1, 0.15) is 70.9 Å². The van der Waals surface area contributed by atoms with Gasteiger partial charge in [0.15, 0.2) is 11.6 Å². The topological polar surface area (TPSA) is 161 Å². The molecule has 5 rings (SSSR count). The average molecular weight is 577 g/mol. The molecule has 220 valence electrons. The molecule has 3 amide bonds. The summed E-state index contributed by atoms with van der Waals surface area (Å²) in [5, 5.41) is 9.48. The minimum absolute atomic E-state index is 0.0385. The number of nitrogens with zero attached hydrogens (tertiary/aromatic N) is 4. The van der Waals surface area contributed by atoms with Gasteiger partial charge in [0, 0.05) is 24.2 Å². The largest absolute Gasteiger partial charge is 0.426 e. The molecule has 1 aromatic carbocycles. The Bertz CT molecular complexity index is 1560. The summed E-state index contributed by atoms with van der Waals surface area (Å²) in [6, 6.07) is 4.26. The maximum Gasteiger partial charge on any atom is 0.423 e. The lowest BCUT2D eigenvalue weighted by molar-refractivity contribution is -0.154. The molecular weight excluding hydrogens is 544 g/mol. The van der Waals surface area contributed by atoms with Crippen molar-refractivity contribution in [1.29, 1.82) is 0 Å². The highest BCUT2D eigenvalue weighted by molar-refractivity contribution is 6.05. The second-order valence-corrected chi connectivity index (χ2v) is 10.7. The fourth-order valence-corrected chi connectivity index (χ4v) is 4.55. The van der Waals surface area contributed by atoms with Gasteiger partial charge >= 0.3 is 12.1 Å². The lowest BCUT2D eigenvalue weighted by atomic mass is 10.0. The molecule has 2 N–H and O–H groups in total. The van der Waals surface area contributed by atoms with Crippen molar-refractivity contribution < 1.29 is 33.4 Å². The number of amides is 3. The van der Waals surface area contributed by atoms with Gasteiger partial charge in [0.25, 0.3) is 5.91 Å². The Balaban J connectivity index is 1.52. The number of carbonyl (C=O) groups is 5. The molecule has 13 nitrogen and oxygen atoms in total. The van der Waals surface area contributed by atoms with E-state index in [0.29, 0.717) is 52.2 Å². The third-order valence-electron chi connectivity index (χ3n) is 7.36. The smallest absolute Gasteiger partial charge is 0.423 e. The van der Waals surface area contributed by atoms with E-state index in [1.807, 2.05) is 0 Å². The van der Waals surface area contributed by atoms with Crippen molar-refractivity contribution in [3.63, 3.8) is 0 Å². The van der Waals surface area contributed by atoms with Crippen LogP contribution in [0.4, 0.5) is 16.3 Å². The third-order valence-corrected chi connectivity index (χ3v) is 7.36. The number of hydrogen-bond donors (Lipinski definition) is 2. The molecule has 13 heteroatoms. The van der Waals surface area contributed by atoms with Gasteiger partial charge in [0.2, 0.25) is 13.2 Å². The first-order valence-corrected chi connectivity index (χ1v) is 13.8. The number of Topliss-reactive ketones (excluding diaryl/α,β-unsaturated/α-hetero) is 1. The summed E-state index contributed by atoms with van der Waals surface area (Å²) in [7, 11) is 0. The van der Waals surface area contributed by atoms with Crippen molar-refractivity contribution in [3.05, 3.63) is 53.0 Å². The Morgan fingerprint density at radius 3 is 2.60 bits per heavy atom. The number of rotatable bonds is 12. The number of aryl methyl sites for hydroxylation is 2. The van der Waals surface area contributed by atoms with Gasteiger partial charge in [-0.1, -0.05) is 12.1 Å². The summed E-state index contributed by atoms with van der Waals surface area (Å²) in [5.74, 6) is -0.615. The lowest BCUT2D eigenvalue weighted by Gasteiger charge is -2.24. The van der Waals surface area contributed by atoms with Crippen LogP contribution in [0.2, 0.25) is 0 Å². The molecule has 1 unspecified atom stereocenters. The standard InChI is InChI=1S/C29H32N6O7/c1-16-4-7-20(24(37)10-19-5-6-19)11-23(16)35(29(40)42-15-41-28(39)18(3)31-14-36)26-25-17(2)22(12-34(25)32-13-30-26)27(38)33-21-8-9-21/h4,7,11-14,18-19,21H,5-6,8-10,15H2,1-3H3,(H,31,36)(H,33,38). The Kier molecular flexibility index (Phi) is 8.18. The molecule has 2 fully saturated rings. The number of aromatic nitrogens is 3. The monoisotopic (exact) mass is 576 g/mol. The fourth-order valence-electron chi connectivity index (χ4n) is 4.55. The number of esters is 1. The van der Waals surface area contributed by atoms with Gasteiger partial charge in [-0.15, -0.1) is 0 Å². The number of ketones is 1. The van der Waals surface area contributed by atoms with Crippen molar-refractivity contribution in [3.8, 4) is 0 Å². The van der Waals surface area contributed by atoms with Gasteiger partial charge < -0.3 is 20.1 Å². The van der Waals surface area contributed by atoms with Crippen LogP contribution in [-0.2, 0) is 19.1 Å². The third kappa shape index (κ3) is 6.24. The summed E-state index contributed by atoms with van der Waals surface area (Å²) < 4.78 is 11.8. The van der Waals surface area contributed by atoms with Gasteiger partial charge in [0.05, 0.1) is 11.3 Å². The van der Waals surface area contributed by atoms with Crippen molar-refractivity contribution in [1.82, 2.24) is 25.2 Å². The van der Waals surface area contributed by atoms with E-state index in [1.54, 1.807) is 38.2 Å². The predicted molar refractivity (Wildman–Crippen MR) is 149 cm³/mol. The molecule has 3 aromatic rings. The number of fused-ring (bicyclic) bond motifs is 1. The zero-order valence-electron chi connectivity index (χ0n) is 23.6. The summed E-state index contributed by atoms with van der Waals surface area (Å²) in [6.45, 7) is 4.19. The van der Waals surface area contributed by atoms with Gasteiger partial charge in [-0.25, -0.2) is 24.0 Å². The molecule has 2 aromatic heterocycles. The first-order valence-electron chi connectivity index (χ1n) is 13.8. The van der Waals surface area contributed by atoms with E-state index in [1.165, 1.54) is 22.7 Å².